The Bertz CT molecular complexity index is 963. The molecule has 30 heavy (non-hydrogen) atoms. The quantitative estimate of drug-likeness (QED) is 0.597. The van der Waals surface area contributed by atoms with Gasteiger partial charge in [0, 0.05) is 30.5 Å². The highest BCUT2D eigenvalue weighted by Crippen LogP contribution is 2.14. The number of hydrogen-bond donors (Lipinski definition) is 1. The van der Waals surface area contributed by atoms with Gasteiger partial charge in [0.1, 0.15) is 6.04 Å². The monoisotopic (exact) mass is 421 g/mol. The smallest absolute Gasteiger partial charge is 0.242 e. The summed E-state index contributed by atoms with van der Waals surface area (Å²) in [6.45, 7) is 2.50. The lowest BCUT2D eigenvalue weighted by Gasteiger charge is -2.29. The first-order chi connectivity index (χ1) is 14.5. The summed E-state index contributed by atoms with van der Waals surface area (Å²) in [5.74, 6) is -0.320. The molecule has 0 aliphatic rings. The molecule has 3 aromatic rings. The summed E-state index contributed by atoms with van der Waals surface area (Å²) in [4.78, 5) is 31.5. The second kappa shape index (κ2) is 10.6. The third kappa shape index (κ3) is 6.16. The molecule has 1 unspecified atom stereocenters. The molecular formula is C24H24ClN3O2. The SMILES string of the molecule is CC(C(=O)NCc1ccncc1)N(Cc1ccccc1)C(=O)Cc1ccc(Cl)cc1. The van der Waals surface area contributed by atoms with Gasteiger partial charge in [-0.2, -0.15) is 0 Å². The van der Waals surface area contributed by atoms with Crippen molar-refractivity contribution in [3.05, 3.63) is 101 Å². The van der Waals surface area contributed by atoms with Crippen LogP contribution in [0.4, 0.5) is 0 Å². The van der Waals surface area contributed by atoms with Crippen LogP contribution < -0.4 is 5.32 Å². The number of carbonyl (C=O) groups is 2. The van der Waals surface area contributed by atoms with Crippen molar-refractivity contribution in [3.8, 4) is 0 Å². The molecule has 1 aromatic heterocycles. The summed E-state index contributed by atoms with van der Waals surface area (Å²) in [6, 6.07) is 19.9. The summed E-state index contributed by atoms with van der Waals surface area (Å²) in [5, 5.41) is 3.53. The zero-order valence-electron chi connectivity index (χ0n) is 16.8. The summed E-state index contributed by atoms with van der Waals surface area (Å²) < 4.78 is 0. The molecule has 0 bridgehead atoms. The maximum atomic E-state index is 13.1. The Labute approximate surface area is 181 Å². The zero-order chi connectivity index (χ0) is 21.3. The van der Waals surface area contributed by atoms with Crippen LogP contribution >= 0.6 is 11.6 Å². The number of halogens is 1. The number of benzene rings is 2. The topological polar surface area (TPSA) is 62.3 Å². The number of rotatable bonds is 8. The van der Waals surface area contributed by atoms with Crippen LogP contribution in [0.3, 0.4) is 0 Å². The molecular weight excluding hydrogens is 398 g/mol. The molecule has 1 N–H and O–H groups in total. The second-order valence-electron chi connectivity index (χ2n) is 7.06. The van der Waals surface area contributed by atoms with Crippen LogP contribution in [-0.2, 0) is 29.1 Å². The van der Waals surface area contributed by atoms with E-state index in [-0.39, 0.29) is 18.2 Å². The number of amides is 2. The fraction of sp³-hybridized carbons (Fsp3) is 0.208. The van der Waals surface area contributed by atoms with Crippen molar-refractivity contribution < 1.29 is 9.59 Å². The number of nitrogens with one attached hydrogen (secondary N) is 1. The van der Waals surface area contributed by atoms with E-state index in [2.05, 4.69) is 10.3 Å². The van der Waals surface area contributed by atoms with E-state index >= 15 is 0 Å². The van der Waals surface area contributed by atoms with Gasteiger partial charge in [0.2, 0.25) is 11.8 Å². The van der Waals surface area contributed by atoms with Crippen molar-refractivity contribution in [2.75, 3.05) is 0 Å². The Morgan fingerprint density at radius 3 is 2.27 bits per heavy atom. The van der Waals surface area contributed by atoms with Crippen LogP contribution in [0.1, 0.15) is 23.6 Å². The molecule has 2 amide bonds. The Hall–Kier alpha value is -3.18. The molecule has 0 radical (unpaired) electrons. The molecule has 1 heterocycles. The predicted molar refractivity (Wildman–Crippen MR) is 118 cm³/mol. The van der Waals surface area contributed by atoms with Crippen molar-refractivity contribution in [1.29, 1.82) is 0 Å². The van der Waals surface area contributed by atoms with Gasteiger partial charge in [-0.05, 0) is 47.9 Å². The first kappa shape index (κ1) is 21.5. The Balaban J connectivity index is 1.72. The van der Waals surface area contributed by atoms with Gasteiger partial charge in [-0.15, -0.1) is 0 Å². The molecule has 5 nitrogen and oxygen atoms in total. The van der Waals surface area contributed by atoms with E-state index in [9.17, 15) is 9.59 Å². The zero-order valence-corrected chi connectivity index (χ0v) is 17.5. The highest BCUT2D eigenvalue weighted by molar-refractivity contribution is 6.30. The van der Waals surface area contributed by atoms with Crippen molar-refractivity contribution in [2.45, 2.75) is 32.5 Å². The van der Waals surface area contributed by atoms with Crippen LogP contribution in [0, 0.1) is 0 Å². The highest BCUT2D eigenvalue weighted by atomic mass is 35.5. The third-order valence-corrected chi connectivity index (χ3v) is 5.10. The summed E-state index contributed by atoms with van der Waals surface area (Å²) >= 11 is 5.94. The van der Waals surface area contributed by atoms with Gasteiger partial charge >= 0.3 is 0 Å². The van der Waals surface area contributed by atoms with Gasteiger partial charge in [-0.25, -0.2) is 0 Å². The second-order valence-corrected chi connectivity index (χ2v) is 7.50. The van der Waals surface area contributed by atoms with E-state index in [0.717, 1.165) is 16.7 Å². The normalized spacial score (nSPS) is 11.5. The van der Waals surface area contributed by atoms with Crippen LogP contribution in [0.5, 0.6) is 0 Å². The maximum absolute atomic E-state index is 13.1. The number of hydrogen-bond acceptors (Lipinski definition) is 3. The van der Waals surface area contributed by atoms with Crippen LogP contribution in [-0.4, -0.2) is 27.7 Å². The van der Waals surface area contributed by atoms with E-state index in [1.165, 1.54) is 0 Å². The standard InChI is InChI=1S/C24H24ClN3O2/c1-18(24(30)27-16-20-11-13-26-14-12-20)28(17-21-5-3-2-4-6-21)23(29)15-19-7-9-22(25)10-8-19/h2-14,18H,15-17H2,1H3,(H,27,30). The lowest BCUT2D eigenvalue weighted by atomic mass is 10.1. The molecule has 2 aromatic carbocycles. The van der Waals surface area contributed by atoms with Crippen LogP contribution in [0.15, 0.2) is 79.1 Å². The number of carbonyl (C=O) groups excluding carboxylic acids is 2. The molecule has 0 saturated carbocycles. The van der Waals surface area contributed by atoms with E-state index in [0.29, 0.717) is 18.1 Å². The average Bonchev–Trinajstić information content (AvgIpc) is 2.78. The number of aromatic nitrogens is 1. The molecule has 0 aliphatic carbocycles. The van der Waals surface area contributed by atoms with Gasteiger partial charge in [0.25, 0.3) is 0 Å². The average molecular weight is 422 g/mol. The van der Waals surface area contributed by atoms with Crippen LogP contribution in [0.25, 0.3) is 0 Å². The van der Waals surface area contributed by atoms with E-state index in [4.69, 9.17) is 11.6 Å². The Morgan fingerprint density at radius 1 is 0.933 bits per heavy atom. The van der Waals surface area contributed by atoms with E-state index < -0.39 is 6.04 Å². The van der Waals surface area contributed by atoms with Crippen LogP contribution in [0.2, 0.25) is 5.02 Å². The fourth-order valence-electron chi connectivity index (χ4n) is 3.08. The molecule has 0 aliphatic heterocycles. The minimum Gasteiger partial charge on any atom is -0.350 e. The van der Waals surface area contributed by atoms with Crippen molar-refractivity contribution in [2.24, 2.45) is 0 Å². The van der Waals surface area contributed by atoms with Gasteiger partial charge in [0.05, 0.1) is 6.42 Å². The third-order valence-electron chi connectivity index (χ3n) is 4.85. The molecule has 1 atom stereocenters. The van der Waals surface area contributed by atoms with Crippen molar-refractivity contribution in [1.82, 2.24) is 15.2 Å². The number of pyridine rings is 1. The Kier molecular flexibility index (Phi) is 7.57. The highest BCUT2D eigenvalue weighted by Gasteiger charge is 2.26. The molecule has 0 spiro atoms. The van der Waals surface area contributed by atoms with Crippen molar-refractivity contribution >= 4 is 23.4 Å². The minimum atomic E-state index is -0.619. The minimum absolute atomic E-state index is 0.118. The molecule has 154 valence electrons. The van der Waals surface area contributed by atoms with Gasteiger partial charge < -0.3 is 10.2 Å². The predicted octanol–water partition coefficient (Wildman–Crippen LogP) is 4.01. The first-order valence-electron chi connectivity index (χ1n) is 9.77. The van der Waals surface area contributed by atoms with Crippen molar-refractivity contribution in [3.63, 3.8) is 0 Å². The van der Waals surface area contributed by atoms with Gasteiger partial charge in [-0.1, -0.05) is 54.1 Å². The first-order valence-corrected chi connectivity index (χ1v) is 10.1. The Morgan fingerprint density at radius 2 is 1.60 bits per heavy atom. The molecule has 0 saturated heterocycles. The van der Waals surface area contributed by atoms with E-state index in [1.807, 2.05) is 54.6 Å². The summed E-state index contributed by atoms with van der Waals surface area (Å²) in [7, 11) is 0. The maximum Gasteiger partial charge on any atom is 0.242 e. The lowest BCUT2D eigenvalue weighted by molar-refractivity contribution is -0.140. The summed E-state index contributed by atoms with van der Waals surface area (Å²) in [6.07, 6.45) is 3.57. The number of nitrogens with zero attached hydrogens (tertiary/aromatic N) is 2. The molecule has 6 heteroatoms. The van der Waals surface area contributed by atoms with Gasteiger partial charge in [0.15, 0.2) is 0 Å². The largest absolute Gasteiger partial charge is 0.350 e. The molecule has 3 rings (SSSR count). The molecule has 0 fully saturated rings. The van der Waals surface area contributed by atoms with Gasteiger partial charge in [-0.3, -0.25) is 14.6 Å². The lowest BCUT2D eigenvalue weighted by Crippen LogP contribution is -2.47. The fourth-order valence-corrected chi connectivity index (χ4v) is 3.20. The summed E-state index contributed by atoms with van der Waals surface area (Å²) in [5.41, 5.74) is 2.77. The van der Waals surface area contributed by atoms with E-state index in [1.54, 1.807) is 36.4 Å².